The van der Waals surface area contributed by atoms with Crippen molar-refractivity contribution in [3.63, 3.8) is 0 Å². The van der Waals surface area contributed by atoms with E-state index in [1.54, 1.807) is 0 Å². The summed E-state index contributed by atoms with van der Waals surface area (Å²) >= 11 is 5.73. The molecule has 0 aromatic heterocycles. The summed E-state index contributed by atoms with van der Waals surface area (Å²) in [5.74, 6) is -1.49. The maximum Gasteiger partial charge on any atom is 0.345 e. The Morgan fingerprint density at radius 1 is 1.14 bits per heavy atom. The molecule has 3 rings (SSSR count). The number of carbonyl (C=O) groups excluding carboxylic acids is 2. The summed E-state index contributed by atoms with van der Waals surface area (Å²) in [7, 11) is 0. The Hall–Kier alpha value is -3.45. The van der Waals surface area contributed by atoms with Gasteiger partial charge in [0.1, 0.15) is 5.56 Å². The Labute approximate surface area is 171 Å². The SMILES string of the molecule is CC(NC(=O)COC(=O)c1ccc(Cl)cc1[N+](=O)[O-])c1cccc2ccccc12. The molecule has 0 heterocycles. The summed E-state index contributed by atoms with van der Waals surface area (Å²) in [6.07, 6.45) is 0. The standard InChI is InChI=1S/C21H17ClN2O5/c1-13(16-8-4-6-14-5-2-3-7-17(14)16)23-20(25)12-29-21(26)18-10-9-15(22)11-19(18)24(27)28/h2-11,13H,12H2,1H3,(H,23,25). The van der Waals surface area contributed by atoms with E-state index in [0.29, 0.717) is 0 Å². The average molecular weight is 413 g/mol. The highest BCUT2D eigenvalue weighted by atomic mass is 35.5. The molecule has 0 aliphatic rings. The molecular formula is C21H17ClN2O5. The highest BCUT2D eigenvalue weighted by Gasteiger charge is 2.23. The molecule has 8 heteroatoms. The highest BCUT2D eigenvalue weighted by molar-refractivity contribution is 6.31. The van der Waals surface area contributed by atoms with Crippen molar-refractivity contribution in [1.82, 2.24) is 5.32 Å². The molecule has 148 valence electrons. The van der Waals surface area contributed by atoms with Crippen LogP contribution in [0.2, 0.25) is 5.02 Å². The Bertz CT molecular complexity index is 1090. The number of ether oxygens (including phenoxy) is 1. The first-order chi connectivity index (χ1) is 13.9. The van der Waals surface area contributed by atoms with Gasteiger partial charge in [0, 0.05) is 11.1 Å². The first-order valence-corrected chi connectivity index (χ1v) is 9.12. The summed E-state index contributed by atoms with van der Waals surface area (Å²) in [6, 6.07) is 16.9. The van der Waals surface area contributed by atoms with Crippen LogP contribution in [0.4, 0.5) is 5.69 Å². The molecule has 1 unspecified atom stereocenters. The second-order valence-electron chi connectivity index (χ2n) is 6.35. The van der Waals surface area contributed by atoms with Gasteiger partial charge in [-0.2, -0.15) is 0 Å². The lowest BCUT2D eigenvalue weighted by molar-refractivity contribution is -0.385. The van der Waals surface area contributed by atoms with Gasteiger partial charge < -0.3 is 10.1 Å². The van der Waals surface area contributed by atoms with E-state index < -0.39 is 29.1 Å². The summed E-state index contributed by atoms with van der Waals surface area (Å²) in [4.78, 5) is 34.7. The van der Waals surface area contributed by atoms with Crippen molar-refractivity contribution in [3.8, 4) is 0 Å². The van der Waals surface area contributed by atoms with E-state index in [4.69, 9.17) is 16.3 Å². The van der Waals surface area contributed by atoms with E-state index in [-0.39, 0.29) is 16.6 Å². The zero-order valence-corrected chi connectivity index (χ0v) is 16.2. The first kappa shape index (κ1) is 20.3. The van der Waals surface area contributed by atoms with Crippen LogP contribution in [0.25, 0.3) is 10.8 Å². The van der Waals surface area contributed by atoms with Crippen molar-refractivity contribution < 1.29 is 19.2 Å². The fraction of sp³-hybridized carbons (Fsp3) is 0.143. The third-order valence-electron chi connectivity index (χ3n) is 4.38. The van der Waals surface area contributed by atoms with Crippen LogP contribution in [0.15, 0.2) is 60.7 Å². The number of benzene rings is 3. The predicted octanol–water partition coefficient (Wildman–Crippen LogP) is 4.44. The summed E-state index contributed by atoms with van der Waals surface area (Å²) in [5.41, 5.74) is 0.178. The van der Waals surface area contributed by atoms with E-state index in [2.05, 4.69) is 5.32 Å². The van der Waals surface area contributed by atoms with Crippen molar-refractivity contribution in [1.29, 1.82) is 0 Å². The van der Waals surface area contributed by atoms with Gasteiger partial charge >= 0.3 is 5.97 Å². The van der Waals surface area contributed by atoms with Crippen molar-refractivity contribution in [2.75, 3.05) is 6.61 Å². The van der Waals surface area contributed by atoms with Crippen LogP contribution in [-0.4, -0.2) is 23.4 Å². The second kappa shape index (κ2) is 8.70. The van der Waals surface area contributed by atoms with Crippen LogP contribution in [0.1, 0.15) is 28.9 Å². The normalized spacial score (nSPS) is 11.7. The van der Waals surface area contributed by atoms with Gasteiger partial charge in [0.2, 0.25) is 0 Å². The van der Waals surface area contributed by atoms with E-state index in [9.17, 15) is 19.7 Å². The number of nitrogens with one attached hydrogen (secondary N) is 1. The molecular weight excluding hydrogens is 396 g/mol. The number of rotatable bonds is 6. The quantitative estimate of drug-likeness (QED) is 0.366. The van der Waals surface area contributed by atoms with Gasteiger partial charge in [0.05, 0.1) is 11.0 Å². The van der Waals surface area contributed by atoms with E-state index in [0.717, 1.165) is 22.4 Å². The van der Waals surface area contributed by atoms with Crippen LogP contribution < -0.4 is 5.32 Å². The smallest absolute Gasteiger partial charge is 0.345 e. The minimum atomic E-state index is -0.971. The van der Waals surface area contributed by atoms with Gasteiger partial charge in [0.15, 0.2) is 6.61 Å². The summed E-state index contributed by atoms with van der Waals surface area (Å²) in [6.45, 7) is 1.26. The minimum Gasteiger partial charge on any atom is -0.452 e. The largest absolute Gasteiger partial charge is 0.452 e. The fourth-order valence-electron chi connectivity index (χ4n) is 3.03. The van der Waals surface area contributed by atoms with Gasteiger partial charge in [0.25, 0.3) is 11.6 Å². The molecule has 3 aromatic carbocycles. The molecule has 1 N–H and O–H groups in total. The second-order valence-corrected chi connectivity index (χ2v) is 6.79. The Balaban J connectivity index is 1.65. The number of amides is 1. The molecule has 0 bridgehead atoms. The Kier molecular flexibility index (Phi) is 6.09. The van der Waals surface area contributed by atoms with E-state index in [1.807, 2.05) is 49.4 Å². The predicted molar refractivity (Wildman–Crippen MR) is 109 cm³/mol. The number of halogens is 1. The molecule has 1 amide bonds. The molecule has 3 aromatic rings. The number of nitrogens with zero attached hydrogens (tertiary/aromatic N) is 1. The van der Waals surface area contributed by atoms with Crippen LogP contribution >= 0.6 is 11.6 Å². The monoisotopic (exact) mass is 412 g/mol. The molecule has 0 spiro atoms. The summed E-state index contributed by atoms with van der Waals surface area (Å²) < 4.78 is 4.95. The first-order valence-electron chi connectivity index (χ1n) is 8.75. The van der Waals surface area contributed by atoms with Crippen LogP contribution in [0.5, 0.6) is 0 Å². The third kappa shape index (κ3) is 4.70. The van der Waals surface area contributed by atoms with E-state index >= 15 is 0 Å². The van der Waals surface area contributed by atoms with Gasteiger partial charge in [-0.25, -0.2) is 4.79 Å². The number of carbonyl (C=O) groups is 2. The average Bonchev–Trinajstić information content (AvgIpc) is 2.71. The van der Waals surface area contributed by atoms with Crippen LogP contribution in [0.3, 0.4) is 0 Å². The maximum atomic E-state index is 12.2. The number of hydrogen-bond acceptors (Lipinski definition) is 5. The lowest BCUT2D eigenvalue weighted by atomic mass is 10.00. The number of hydrogen-bond donors (Lipinski definition) is 1. The van der Waals surface area contributed by atoms with Crippen LogP contribution in [0, 0.1) is 10.1 Å². The number of esters is 1. The topological polar surface area (TPSA) is 98.5 Å². The molecule has 1 atom stereocenters. The molecule has 29 heavy (non-hydrogen) atoms. The zero-order chi connectivity index (χ0) is 21.0. The van der Waals surface area contributed by atoms with Crippen molar-refractivity contribution in [2.45, 2.75) is 13.0 Å². The van der Waals surface area contributed by atoms with Crippen molar-refractivity contribution >= 4 is 39.9 Å². The maximum absolute atomic E-state index is 12.2. The molecule has 0 saturated carbocycles. The van der Waals surface area contributed by atoms with Crippen molar-refractivity contribution in [2.24, 2.45) is 0 Å². The molecule has 0 radical (unpaired) electrons. The molecule has 0 aliphatic heterocycles. The number of fused-ring (bicyclic) bond motifs is 1. The molecule has 0 fully saturated rings. The fourth-order valence-corrected chi connectivity index (χ4v) is 3.19. The summed E-state index contributed by atoms with van der Waals surface area (Å²) in [5, 5.41) is 16.0. The third-order valence-corrected chi connectivity index (χ3v) is 4.61. The molecule has 0 saturated heterocycles. The van der Waals surface area contributed by atoms with Gasteiger partial charge in [-0.15, -0.1) is 0 Å². The number of nitro groups is 1. The zero-order valence-electron chi connectivity index (χ0n) is 15.4. The van der Waals surface area contributed by atoms with Gasteiger partial charge in [-0.1, -0.05) is 54.1 Å². The Morgan fingerprint density at radius 3 is 2.62 bits per heavy atom. The Morgan fingerprint density at radius 2 is 1.86 bits per heavy atom. The lowest BCUT2D eigenvalue weighted by Crippen LogP contribution is -2.31. The lowest BCUT2D eigenvalue weighted by Gasteiger charge is -2.16. The molecule has 0 aliphatic carbocycles. The number of nitro benzene ring substituents is 1. The van der Waals surface area contributed by atoms with Crippen LogP contribution in [-0.2, 0) is 9.53 Å². The van der Waals surface area contributed by atoms with Crippen molar-refractivity contribution in [3.05, 3.63) is 86.9 Å². The van der Waals surface area contributed by atoms with Gasteiger partial charge in [-0.05, 0) is 35.4 Å². The van der Waals surface area contributed by atoms with E-state index in [1.165, 1.54) is 12.1 Å². The van der Waals surface area contributed by atoms with Gasteiger partial charge in [-0.3, -0.25) is 14.9 Å². The highest BCUT2D eigenvalue weighted by Crippen LogP contribution is 2.25. The molecule has 7 nitrogen and oxygen atoms in total. The minimum absolute atomic E-state index is 0.120.